The number of carbonyl (C=O) groups is 1. The van der Waals surface area contributed by atoms with Crippen LogP contribution in [0.25, 0.3) is 11.3 Å². The first-order valence-corrected chi connectivity index (χ1v) is 11.1. The molecule has 0 fully saturated rings. The molecule has 8 nitrogen and oxygen atoms in total. The summed E-state index contributed by atoms with van der Waals surface area (Å²) in [6.45, 7) is 5.61. The van der Waals surface area contributed by atoms with E-state index in [2.05, 4.69) is 15.4 Å². The largest absolute Gasteiger partial charge is 0.496 e. The van der Waals surface area contributed by atoms with Gasteiger partial charge in [0.05, 0.1) is 25.5 Å². The summed E-state index contributed by atoms with van der Waals surface area (Å²) in [6, 6.07) is 16.6. The Morgan fingerprint density at radius 2 is 1.91 bits per heavy atom. The minimum Gasteiger partial charge on any atom is -0.496 e. The lowest BCUT2D eigenvalue weighted by Gasteiger charge is -2.30. The van der Waals surface area contributed by atoms with Gasteiger partial charge in [0.2, 0.25) is 0 Å². The number of aliphatic hydroxyl groups excluding tert-OH is 1. The molecule has 0 spiro atoms. The highest BCUT2D eigenvalue weighted by atomic mass is 16.5. The molecule has 0 saturated heterocycles. The standard InChI is InChI=1S/C26H26N4O4/c1-15-13-20(34-29-15)16-9-11-17(12-10-16)30-23(18-7-5-6-8-19(18)33-4)21-22(25(30)32)27-28-24(21)26(2,3)14-31/h5-13,23,31H,14H2,1-4H3,(H,27,28). The van der Waals surface area contributed by atoms with Crippen LogP contribution < -0.4 is 9.64 Å². The number of ether oxygens (including phenoxy) is 1. The smallest absolute Gasteiger partial charge is 0.280 e. The van der Waals surface area contributed by atoms with Crippen molar-refractivity contribution in [1.82, 2.24) is 15.4 Å². The summed E-state index contributed by atoms with van der Waals surface area (Å²) in [5.41, 5.74) is 4.43. The van der Waals surface area contributed by atoms with E-state index in [4.69, 9.17) is 9.26 Å². The number of aryl methyl sites for hydroxylation is 1. The topological polar surface area (TPSA) is 104 Å². The number of nitrogens with zero attached hydrogens (tertiary/aromatic N) is 3. The van der Waals surface area contributed by atoms with Gasteiger partial charge in [-0.05, 0) is 37.3 Å². The fraction of sp³-hybridized carbons (Fsp3) is 0.269. The minimum atomic E-state index is -0.620. The van der Waals surface area contributed by atoms with Crippen LogP contribution in [0.2, 0.25) is 0 Å². The summed E-state index contributed by atoms with van der Waals surface area (Å²) in [6.07, 6.45) is 0. The molecule has 2 aromatic heterocycles. The van der Waals surface area contributed by atoms with E-state index in [1.165, 1.54) is 0 Å². The number of H-pyrrole nitrogens is 1. The third-order valence-corrected chi connectivity index (χ3v) is 6.32. The Labute approximate surface area is 197 Å². The number of para-hydroxylation sites is 1. The van der Waals surface area contributed by atoms with Crippen LogP contribution in [0, 0.1) is 6.92 Å². The number of fused-ring (bicyclic) bond motifs is 1. The SMILES string of the molecule is COc1ccccc1C1c2c(n[nH]c2C(C)(C)CO)C(=O)N1c1ccc(-c2cc(C)no2)cc1. The Bertz CT molecular complexity index is 1350. The highest BCUT2D eigenvalue weighted by molar-refractivity contribution is 6.11. The lowest BCUT2D eigenvalue weighted by atomic mass is 9.84. The average Bonchev–Trinajstić information content (AvgIpc) is 3.55. The molecule has 8 heteroatoms. The molecule has 0 bridgehead atoms. The number of anilines is 1. The lowest BCUT2D eigenvalue weighted by Crippen LogP contribution is -2.31. The second-order valence-electron chi connectivity index (χ2n) is 9.10. The zero-order valence-electron chi connectivity index (χ0n) is 19.5. The predicted molar refractivity (Wildman–Crippen MR) is 127 cm³/mol. The van der Waals surface area contributed by atoms with Crippen molar-refractivity contribution in [1.29, 1.82) is 0 Å². The van der Waals surface area contributed by atoms with Crippen molar-refractivity contribution >= 4 is 11.6 Å². The molecule has 3 heterocycles. The van der Waals surface area contributed by atoms with E-state index in [0.717, 1.165) is 28.1 Å². The van der Waals surface area contributed by atoms with Crippen LogP contribution in [0.15, 0.2) is 59.1 Å². The van der Waals surface area contributed by atoms with E-state index in [1.54, 1.807) is 12.0 Å². The minimum absolute atomic E-state index is 0.0975. The van der Waals surface area contributed by atoms with Gasteiger partial charge >= 0.3 is 0 Å². The zero-order valence-corrected chi connectivity index (χ0v) is 19.5. The fourth-order valence-corrected chi connectivity index (χ4v) is 4.47. The van der Waals surface area contributed by atoms with Gasteiger partial charge in [0, 0.05) is 39.6 Å². The number of nitrogens with one attached hydrogen (secondary N) is 1. The zero-order chi connectivity index (χ0) is 24.0. The van der Waals surface area contributed by atoms with Crippen LogP contribution in [-0.4, -0.2) is 40.1 Å². The number of aromatic nitrogens is 3. The number of rotatable bonds is 6. The molecule has 0 saturated carbocycles. The van der Waals surface area contributed by atoms with Crippen LogP contribution in [0.3, 0.4) is 0 Å². The van der Waals surface area contributed by atoms with Crippen LogP contribution >= 0.6 is 0 Å². The summed E-state index contributed by atoms with van der Waals surface area (Å²) in [7, 11) is 1.61. The van der Waals surface area contributed by atoms with Crippen LogP contribution in [0.1, 0.15) is 52.9 Å². The number of methoxy groups -OCH3 is 1. The highest BCUT2D eigenvalue weighted by Gasteiger charge is 2.46. The fourth-order valence-electron chi connectivity index (χ4n) is 4.47. The Morgan fingerprint density at radius 1 is 1.18 bits per heavy atom. The molecule has 2 N–H and O–H groups in total. The van der Waals surface area contributed by atoms with Crippen molar-refractivity contribution < 1.29 is 19.2 Å². The van der Waals surface area contributed by atoms with Crippen molar-refractivity contribution in [3.05, 3.63) is 82.8 Å². The third-order valence-electron chi connectivity index (χ3n) is 6.32. The maximum atomic E-state index is 13.7. The molecule has 0 radical (unpaired) electrons. The number of hydrogen-bond donors (Lipinski definition) is 2. The lowest BCUT2D eigenvalue weighted by molar-refractivity contribution is 0.0988. The summed E-state index contributed by atoms with van der Waals surface area (Å²) < 4.78 is 11.0. The van der Waals surface area contributed by atoms with E-state index >= 15 is 0 Å². The number of amides is 1. The Hall–Kier alpha value is -3.91. The molecule has 34 heavy (non-hydrogen) atoms. The van der Waals surface area contributed by atoms with Crippen molar-refractivity contribution in [2.24, 2.45) is 0 Å². The molecule has 1 aliphatic rings. The highest BCUT2D eigenvalue weighted by Crippen LogP contribution is 2.47. The van der Waals surface area contributed by atoms with Crippen molar-refractivity contribution in [2.75, 3.05) is 18.6 Å². The second-order valence-corrected chi connectivity index (χ2v) is 9.10. The molecule has 0 aliphatic carbocycles. The summed E-state index contributed by atoms with van der Waals surface area (Å²) in [5, 5.41) is 21.4. The van der Waals surface area contributed by atoms with Crippen LogP contribution in [0.5, 0.6) is 5.75 Å². The number of hydrogen-bond acceptors (Lipinski definition) is 6. The quantitative estimate of drug-likeness (QED) is 0.444. The summed E-state index contributed by atoms with van der Waals surface area (Å²) in [4.78, 5) is 15.4. The molecule has 4 aromatic rings. The van der Waals surface area contributed by atoms with Gasteiger partial charge in [-0.25, -0.2) is 0 Å². The van der Waals surface area contributed by atoms with Crippen molar-refractivity contribution in [3.8, 4) is 17.1 Å². The van der Waals surface area contributed by atoms with Crippen molar-refractivity contribution in [3.63, 3.8) is 0 Å². The second kappa shape index (κ2) is 8.14. The van der Waals surface area contributed by atoms with E-state index in [1.807, 2.05) is 75.4 Å². The third kappa shape index (κ3) is 3.38. The Kier molecular flexibility index (Phi) is 5.25. The molecule has 1 unspecified atom stereocenters. The first-order valence-electron chi connectivity index (χ1n) is 11.1. The Morgan fingerprint density at radius 3 is 2.56 bits per heavy atom. The van der Waals surface area contributed by atoms with E-state index in [-0.39, 0.29) is 12.5 Å². The Balaban J connectivity index is 1.66. The monoisotopic (exact) mass is 458 g/mol. The normalized spacial score (nSPS) is 15.6. The number of aliphatic hydroxyl groups is 1. The first kappa shape index (κ1) is 21.9. The van der Waals surface area contributed by atoms with E-state index in [0.29, 0.717) is 22.9 Å². The van der Waals surface area contributed by atoms with Gasteiger partial charge in [0.15, 0.2) is 11.5 Å². The van der Waals surface area contributed by atoms with Crippen LogP contribution in [0.4, 0.5) is 5.69 Å². The average molecular weight is 459 g/mol. The van der Waals surface area contributed by atoms with Crippen LogP contribution in [-0.2, 0) is 5.41 Å². The number of carbonyl (C=O) groups excluding carboxylic acids is 1. The predicted octanol–water partition coefficient (Wildman–Crippen LogP) is 4.40. The van der Waals surface area contributed by atoms with E-state index < -0.39 is 11.5 Å². The maximum absolute atomic E-state index is 13.7. The molecule has 1 aliphatic heterocycles. The molecular formula is C26H26N4O4. The van der Waals surface area contributed by atoms with Gasteiger partial charge in [0.25, 0.3) is 5.91 Å². The summed E-state index contributed by atoms with van der Waals surface area (Å²) >= 11 is 0. The summed E-state index contributed by atoms with van der Waals surface area (Å²) in [5.74, 6) is 1.12. The van der Waals surface area contributed by atoms with Gasteiger partial charge < -0.3 is 14.4 Å². The first-order chi connectivity index (χ1) is 16.4. The van der Waals surface area contributed by atoms with E-state index in [9.17, 15) is 9.90 Å². The molecule has 174 valence electrons. The molecule has 5 rings (SSSR count). The molecule has 1 atom stereocenters. The maximum Gasteiger partial charge on any atom is 0.280 e. The van der Waals surface area contributed by atoms with Gasteiger partial charge in [-0.15, -0.1) is 0 Å². The van der Waals surface area contributed by atoms with Gasteiger partial charge in [0.1, 0.15) is 5.75 Å². The van der Waals surface area contributed by atoms with Gasteiger partial charge in [-0.1, -0.05) is 37.2 Å². The number of benzene rings is 2. The molecular weight excluding hydrogens is 432 g/mol. The van der Waals surface area contributed by atoms with Gasteiger partial charge in [-0.3, -0.25) is 14.8 Å². The molecule has 1 amide bonds. The van der Waals surface area contributed by atoms with Crippen molar-refractivity contribution in [2.45, 2.75) is 32.2 Å². The number of aromatic amines is 1. The van der Waals surface area contributed by atoms with Gasteiger partial charge in [-0.2, -0.15) is 5.10 Å². The molecule has 2 aromatic carbocycles.